The Kier molecular flexibility index (Phi) is 3.30. The van der Waals surface area contributed by atoms with E-state index in [0.29, 0.717) is 19.5 Å². The highest BCUT2D eigenvalue weighted by molar-refractivity contribution is 5.68. The summed E-state index contributed by atoms with van der Waals surface area (Å²) >= 11 is 0. The van der Waals surface area contributed by atoms with Crippen molar-refractivity contribution in [3.8, 4) is 0 Å². The molecular weight excluding hydrogens is 230 g/mol. The van der Waals surface area contributed by atoms with E-state index in [1.165, 1.54) is 11.1 Å². The molecule has 1 heterocycles. The fraction of sp³-hybridized carbons (Fsp3) is 0.500. The number of hydrogen-bond acceptors (Lipinski definition) is 3. The number of aliphatic carboxylic acids is 1. The van der Waals surface area contributed by atoms with Gasteiger partial charge in [0.05, 0.1) is 12.0 Å². The van der Waals surface area contributed by atoms with Gasteiger partial charge in [-0.05, 0) is 43.5 Å². The van der Waals surface area contributed by atoms with Crippen molar-refractivity contribution in [2.24, 2.45) is 0 Å². The van der Waals surface area contributed by atoms with Crippen LogP contribution in [0.1, 0.15) is 24.0 Å². The number of anilines is 1. The molecule has 1 aromatic rings. The van der Waals surface area contributed by atoms with Crippen molar-refractivity contribution in [2.45, 2.75) is 32.3 Å². The van der Waals surface area contributed by atoms with Crippen LogP contribution in [-0.4, -0.2) is 34.9 Å². The second-order valence-electron chi connectivity index (χ2n) is 5.31. The maximum absolute atomic E-state index is 10.7. The molecule has 0 saturated carbocycles. The van der Waals surface area contributed by atoms with Gasteiger partial charge in [0.1, 0.15) is 0 Å². The molecule has 1 aliphatic rings. The second kappa shape index (κ2) is 4.61. The van der Waals surface area contributed by atoms with Gasteiger partial charge in [0.25, 0.3) is 0 Å². The first-order chi connectivity index (χ1) is 8.38. The lowest BCUT2D eigenvalue weighted by atomic mass is 9.99. The van der Waals surface area contributed by atoms with E-state index in [9.17, 15) is 9.90 Å². The van der Waals surface area contributed by atoms with Gasteiger partial charge >= 0.3 is 5.97 Å². The van der Waals surface area contributed by atoms with Crippen molar-refractivity contribution in [2.75, 3.05) is 18.0 Å². The smallest absolute Gasteiger partial charge is 0.306 e. The van der Waals surface area contributed by atoms with Crippen LogP contribution >= 0.6 is 0 Å². The maximum atomic E-state index is 10.7. The Morgan fingerprint density at radius 3 is 2.50 bits per heavy atom. The molecule has 1 saturated heterocycles. The number of rotatable bonds is 3. The second-order valence-corrected chi connectivity index (χ2v) is 5.31. The van der Waals surface area contributed by atoms with Gasteiger partial charge in [0.2, 0.25) is 0 Å². The largest absolute Gasteiger partial charge is 0.481 e. The zero-order chi connectivity index (χ0) is 13.3. The number of aryl methyl sites for hydroxylation is 2. The zero-order valence-electron chi connectivity index (χ0n) is 10.8. The number of carboxylic acids is 1. The first-order valence-electron chi connectivity index (χ1n) is 6.15. The monoisotopic (exact) mass is 249 g/mol. The minimum atomic E-state index is -1.09. The lowest BCUT2D eigenvalue weighted by molar-refractivity contribution is -0.141. The summed E-state index contributed by atoms with van der Waals surface area (Å²) in [7, 11) is 0. The number of β-amino-alcohol motifs (C(OH)–C–C–N with tert-alkyl or cyclic N) is 1. The number of benzene rings is 1. The van der Waals surface area contributed by atoms with Crippen LogP contribution in [0.2, 0.25) is 0 Å². The molecular formula is C14H19NO3. The molecule has 4 heteroatoms. The van der Waals surface area contributed by atoms with Crippen molar-refractivity contribution in [1.29, 1.82) is 0 Å². The summed E-state index contributed by atoms with van der Waals surface area (Å²) in [5.41, 5.74) is 2.33. The average Bonchev–Trinajstić information content (AvgIpc) is 2.57. The van der Waals surface area contributed by atoms with Crippen LogP contribution in [0.25, 0.3) is 0 Å². The van der Waals surface area contributed by atoms with Gasteiger partial charge in [0.15, 0.2) is 0 Å². The summed E-state index contributed by atoms with van der Waals surface area (Å²) in [5.74, 6) is -0.945. The quantitative estimate of drug-likeness (QED) is 0.856. The van der Waals surface area contributed by atoms with Gasteiger partial charge in [-0.3, -0.25) is 4.79 Å². The highest BCUT2D eigenvalue weighted by Crippen LogP contribution is 2.30. The van der Waals surface area contributed by atoms with Gasteiger partial charge in [0, 0.05) is 18.8 Å². The predicted molar refractivity (Wildman–Crippen MR) is 69.9 cm³/mol. The van der Waals surface area contributed by atoms with Gasteiger partial charge < -0.3 is 15.1 Å². The molecule has 2 rings (SSSR count). The minimum absolute atomic E-state index is 0.186. The Bertz CT molecular complexity index is 452. The van der Waals surface area contributed by atoms with E-state index in [1.807, 2.05) is 13.8 Å². The topological polar surface area (TPSA) is 60.8 Å². The zero-order valence-corrected chi connectivity index (χ0v) is 10.8. The van der Waals surface area contributed by atoms with Crippen molar-refractivity contribution < 1.29 is 15.0 Å². The van der Waals surface area contributed by atoms with Crippen LogP contribution in [0, 0.1) is 13.8 Å². The Labute approximate surface area is 107 Å². The minimum Gasteiger partial charge on any atom is -0.481 e. The van der Waals surface area contributed by atoms with E-state index >= 15 is 0 Å². The molecule has 1 fully saturated rings. The SMILES string of the molecule is Cc1cc(C)cc(N2CCC(O)(CC(=O)O)C2)c1. The third kappa shape index (κ3) is 2.82. The van der Waals surface area contributed by atoms with E-state index in [0.717, 1.165) is 5.69 Å². The van der Waals surface area contributed by atoms with E-state index in [-0.39, 0.29) is 6.42 Å². The van der Waals surface area contributed by atoms with Gasteiger partial charge in [-0.25, -0.2) is 0 Å². The third-order valence-electron chi connectivity index (χ3n) is 3.38. The van der Waals surface area contributed by atoms with Crippen LogP contribution in [0.3, 0.4) is 0 Å². The molecule has 2 N–H and O–H groups in total. The molecule has 0 radical (unpaired) electrons. The van der Waals surface area contributed by atoms with E-state index in [1.54, 1.807) is 0 Å². The molecule has 1 unspecified atom stereocenters. The van der Waals surface area contributed by atoms with Crippen LogP contribution in [-0.2, 0) is 4.79 Å². The van der Waals surface area contributed by atoms with E-state index in [2.05, 4.69) is 23.1 Å². The molecule has 0 bridgehead atoms. The molecule has 18 heavy (non-hydrogen) atoms. The van der Waals surface area contributed by atoms with Crippen molar-refractivity contribution in [3.05, 3.63) is 29.3 Å². The fourth-order valence-corrected chi connectivity index (χ4v) is 2.64. The average molecular weight is 249 g/mol. The Morgan fingerprint density at radius 2 is 1.94 bits per heavy atom. The molecule has 1 atom stereocenters. The molecule has 1 aromatic carbocycles. The van der Waals surface area contributed by atoms with Crippen LogP contribution in [0.4, 0.5) is 5.69 Å². The third-order valence-corrected chi connectivity index (χ3v) is 3.38. The van der Waals surface area contributed by atoms with Gasteiger partial charge in [-0.15, -0.1) is 0 Å². The standard InChI is InChI=1S/C14H19NO3/c1-10-5-11(2)7-12(6-10)15-4-3-14(18,9-15)8-13(16)17/h5-7,18H,3-4,8-9H2,1-2H3,(H,16,17). The van der Waals surface area contributed by atoms with Crippen LogP contribution < -0.4 is 4.90 Å². The lowest BCUT2D eigenvalue weighted by Crippen LogP contribution is -2.35. The summed E-state index contributed by atoms with van der Waals surface area (Å²) < 4.78 is 0. The molecule has 0 amide bonds. The van der Waals surface area contributed by atoms with Gasteiger partial charge in [-0.1, -0.05) is 6.07 Å². The van der Waals surface area contributed by atoms with Crippen molar-refractivity contribution in [3.63, 3.8) is 0 Å². The van der Waals surface area contributed by atoms with E-state index < -0.39 is 11.6 Å². The van der Waals surface area contributed by atoms with Gasteiger partial charge in [-0.2, -0.15) is 0 Å². The predicted octanol–water partition coefficient (Wildman–Crippen LogP) is 1.72. The normalized spacial score (nSPS) is 23.4. The van der Waals surface area contributed by atoms with Crippen molar-refractivity contribution in [1.82, 2.24) is 0 Å². The molecule has 4 nitrogen and oxygen atoms in total. The number of nitrogens with zero attached hydrogens (tertiary/aromatic N) is 1. The molecule has 0 spiro atoms. The number of carbonyl (C=O) groups is 1. The highest BCUT2D eigenvalue weighted by atomic mass is 16.4. The highest BCUT2D eigenvalue weighted by Gasteiger charge is 2.38. The Hall–Kier alpha value is -1.55. The number of carboxylic acid groups (broad SMARTS) is 1. The number of aliphatic hydroxyl groups is 1. The first-order valence-corrected chi connectivity index (χ1v) is 6.15. The molecule has 98 valence electrons. The lowest BCUT2D eigenvalue weighted by Gasteiger charge is -2.23. The summed E-state index contributed by atoms with van der Waals surface area (Å²) in [6.45, 7) is 5.17. The summed E-state index contributed by atoms with van der Waals surface area (Å²) in [5, 5.41) is 19.0. The number of hydrogen-bond donors (Lipinski definition) is 2. The Balaban J connectivity index is 2.15. The van der Waals surface area contributed by atoms with Crippen LogP contribution in [0.15, 0.2) is 18.2 Å². The summed E-state index contributed by atoms with van der Waals surface area (Å²) in [4.78, 5) is 12.8. The first kappa shape index (κ1) is 12.9. The fourth-order valence-electron chi connectivity index (χ4n) is 2.64. The molecule has 1 aliphatic heterocycles. The molecule has 0 aliphatic carbocycles. The summed E-state index contributed by atoms with van der Waals surface area (Å²) in [6, 6.07) is 6.24. The molecule has 0 aromatic heterocycles. The van der Waals surface area contributed by atoms with E-state index in [4.69, 9.17) is 5.11 Å². The maximum Gasteiger partial charge on any atom is 0.306 e. The summed E-state index contributed by atoms with van der Waals surface area (Å²) in [6.07, 6.45) is 0.320. The van der Waals surface area contributed by atoms with Crippen molar-refractivity contribution >= 4 is 11.7 Å². The van der Waals surface area contributed by atoms with Crippen LogP contribution in [0.5, 0.6) is 0 Å². The Morgan fingerprint density at radius 1 is 1.33 bits per heavy atom.